The Balaban J connectivity index is 1.34. The first-order chi connectivity index (χ1) is 13.7. The van der Waals surface area contributed by atoms with Crippen LogP contribution in [0.5, 0.6) is 5.75 Å². The van der Waals surface area contributed by atoms with Crippen molar-refractivity contribution in [3.63, 3.8) is 0 Å². The van der Waals surface area contributed by atoms with E-state index in [9.17, 15) is 4.79 Å². The summed E-state index contributed by atoms with van der Waals surface area (Å²) in [5.74, 6) is 2.03. The van der Waals surface area contributed by atoms with Gasteiger partial charge in [0.15, 0.2) is 10.3 Å². The molecule has 7 nitrogen and oxygen atoms in total. The summed E-state index contributed by atoms with van der Waals surface area (Å²) in [5, 5.41) is 14.7. The Morgan fingerprint density at radius 1 is 1.25 bits per heavy atom. The van der Waals surface area contributed by atoms with Gasteiger partial charge in [-0.1, -0.05) is 18.2 Å². The molecule has 3 heterocycles. The third kappa shape index (κ3) is 4.36. The fourth-order valence-corrected chi connectivity index (χ4v) is 4.60. The molecular weight excluding hydrogens is 394 g/mol. The Hall–Kier alpha value is -2.39. The summed E-state index contributed by atoms with van der Waals surface area (Å²) in [6.07, 6.45) is 4.48. The minimum Gasteiger partial charge on any atom is -0.497 e. The number of rotatable bonds is 6. The molecule has 0 atom stereocenters. The molecular formula is C19H21N5O2S2. The molecule has 1 N–H and O–H groups in total. The lowest BCUT2D eigenvalue weighted by Crippen LogP contribution is -2.14. The van der Waals surface area contributed by atoms with Crippen LogP contribution in [0.15, 0.2) is 34.8 Å². The van der Waals surface area contributed by atoms with Gasteiger partial charge in [-0.05, 0) is 37.1 Å². The van der Waals surface area contributed by atoms with Crippen molar-refractivity contribution in [2.24, 2.45) is 0 Å². The zero-order valence-corrected chi connectivity index (χ0v) is 17.2. The number of aromatic nitrogens is 4. The minimum atomic E-state index is -0.0911. The van der Waals surface area contributed by atoms with E-state index in [1.807, 2.05) is 29.6 Å². The average molecular weight is 416 g/mol. The molecule has 0 fully saturated rings. The van der Waals surface area contributed by atoms with Gasteiger partial charge in [0.05, 0.1) is 18.6 Å². The van der Waals surface area contributed by atoms with E-state index < -0.39 is 0 Å². The van der Waals surface area contributed by atoms with Crippen LogP contribution in [0.4, 0.5) is 5.13 Å². The van der Waals surface area contributed by atoms with E-state index in [4.69, 9.17) is 4.74 Å². The van der Waals surface area contributed by atoms with Crippen LogP contribution in [0, 0.1) is 0 Å². The molecule has 28 heavy (non-hydrogen) atoms. The number of anilines is 1. The third-order valence-corrected chi connectivity index (χ3v) is 6.27. The molecule has 1 aromatic carbocycles. The Bertz CT molecular complexity index is 952. The summed E-state index contributed by atoms with van der Waals surface area (Å²) in [6, 6.07) is 7.69. The van der Waals surface area contributed by atoms with Crippen LogP contribution in [-0.2, 0) is 17.8 Å². The number of hydrogen-bond donors (Lipinski definition) is 1. The van der Waals surface area contributed by atoms with Gasteiger partial charge in [0.1, 0.15) is 11.6 Å². The number of thiazole rings is 1. The molecule has 1 aliphatic heterocycles. The Kier molecular flexibility index (Phi) is 5.92. The van der Waals surface area contributed by atoms with Crippen LogP contribution in [0.3, 0.4) is 0 Å². The maximum Gasteiger partial charge on any atom is 0.236 e. The molecule has 2 aromatic heterocycles. The molecule has 0 aliphatic carbocycles. The van der Waals surface area contributed by atoms with Crippen LogP contribution >= 0.6 is 23.1 Å². The highest BCUT2D eigenvalue weighted by molar-refractivity contribution is 7.99. The first-order valence-electron chi connectivity index (χ1n) is 9.17. The van der Waals surface area contributed by atoms with Crippen molar-refractivity contribution in [3.05, 3.63) is 35.5 Å². The van der Waals surface area contributed by atoms with E-state index in [-0.39, 0.29) is 11.7 Å². The average Bonchev–Trinajstić information content (AvgIpc) is 3.26. The van der Waals surface area contributed by atoms with Gasteiger partial charge in [0, 0.05) is 23.9 Å². The second kappa shape index (κ2) is 8.74. The predicted molar refractivity (Wildman–Crippen MR) is 111 cm³/mol. The van der Waals surface area contributed by atoms with Crippen molar-refractivity contribution in [3.8, 4) is 17.0 Å². The molecule has 3 aromatic rings. The normalized spacial score (nSPS) is 13.6. The number of ether oxygens (including phenoxy) is 1. The van der Waals surface area contributed by atoms with E-state index in [1.165, 1.54) is 29.5 Å². The number of amides is 1. The third-order valence-electron chi connectivity index (χ3n) is 4.54. The second-order valence-corrected chi connectivity index (χ2v) is 8.26. The highest BCUT2D eigenvalue weighted by atomic mass is 32.2. The van der Waals surface area contributed by atoms with Crippen molar-refractivity contribution < 1.29 is 9.53 Å². The number of aryl methyl sites for hydroxylation is 1. The monoisotopic (exact) mass is 415 g/mol. The maximum atomic E-state index is 12.3. The van der Waals surface area contributed by atoms with E-state index in [2.05, 4.69) is 25.1 Å². The zero-order chi connectivity index (χ0) is 19.3. The molecule has 9 heteroatoms. The summed E-state index contributed by atoms with van der Waals surface area (Å²) in [7, 11) is 1.64. The highest BCUT2D eigenvalue weighted by Gasteiger charge is 2.16. The largest absolute Gasteiger partial charge is 0.497 e. The van der Waals surface area contributed by atoms with Gasteiger partial charge in [-0.25, -0.2) is 4.98 Å². The van der Waals surface area contributed by atoms with Crippen LogP contribution in [0.1, 0.15) is 25.1 Å². The summed E-state index contributed by atoms with van der Waals surface area (Å²) >= 11 is 2.84. The lowest BCUT2D eigenvalue weighted by molar-refractivity contribution is -0.113. The molecule has 0 unspecified atom stereocenters. The van der Waals surface area contributed by atoms with Crippen molar-refractivity contribution in [1.29, 1.82) is 0 Å². The molecule has 1 aliphatic rings. The fourth-order valence-electron chi connectivity index (χ4n) is 3.08. The number of methoxy groups -OCH3 is 1. The Labute approximate surface area is 171 Å². The number of nitrogens with zero attached hydrogens (tertiary/aromatic N) is 4. The van der Waals surface area contributed by atoms with Crippen LogP contribution < -0.4 is 10.1 Å². The van der Waals surface area contributed by atoms with E-state index in [0.29, 0.717) is 5.13 Å². The zero-order valence-electron chi connectivity index (χ0n) is 15.6. The summed E-state index contributed by atoms with van der Waals surface area (Å²) in [6.45, 7) is 0.935. The first kappa shape index (κ1) is 18.9. The minimum absolute atomic E-state index is 0.0911. The number of thioether (sulfide) groups is 1. The van der Waals surface area contributed by atoms with Gasteiger partial charge in [0.2, 0.25) is 5.91 Å². The van der Waals surface area contributed by atoms with Crippen molar-refractivity contribution in [2.45, 2.75) is 37.4 Å². The van der Waals surface area contributed by atoms with E-state index in [0.717, 1.165) is 53.8 Å². The van der Waals surface area contributed by atoms with Gasteiger partial charge in [0.25, 0.3) is 0 Å². The van der Waals surface area contributed by atoms with Gasteiger partial charge in [-0.3, -0.25) is 4.79 Å². The van der Waals surface area contributed by atoms with Crippen molar-refractivity contribution >= 4 is 34.1 Å². The number of benzene rings is 1. The maximum absolute atomic E-state index is 12.3. The summed E-state index contributed by atoms with van der Waals surface area (Å²) < 4.78 is 7.32. The molecule has 0 radical (unpaired) electrons. The summed E-state index contributed by atoms with van der Waals surface area (Å²) in [4.78, 5) is 16.8. The van der Waals surface area contributed by atoms with Crippen molar-refractivity contribution in [2.75, 3.05) is 18.2 Å². The van der Waals surface area contributed by atoms with Gasteiger partial charge in [-0.2, -0.15) is 0 Å². The molecule has 0 bridgehead atoms. The van der Waals surface area contributed by atoms with E-state index >= 15 is 0 Å². The summed E-state index contributed by atoms with van der Waals surface area (Å²) in [5.41, 5.74) is 1.82. The Morgan fingerprint density at radius 3 is 2.93 bits per heavy atom. The molecule has 0 saturated heterocycles. The fraction of sp³-hybridized carbons (Fsp3) is 0.368. The topological polar surface area (TPSA) is 81.9 Å². The Morgan fingerprint density at radius 2 is 2.11 bits per heavy atom. The smallest absolute Gasteiger partial charge is 0.236 e. The van der Waals surface area contributed by atoms with Gasteiger partial charge >= 0.3 is 0 Å². The van der Waals surface area contributed by atoms with Crippen LogP contribution in [-0.4, -0.2) is 38.5 Å². The number of nitrogens with one attached hydrogen (secondary N) is 1. The quantitative estimate of drug-likeness (QED) is 0.616. The number of carbonyl (C=O) groups is 1. The molecule has 1 amide bonds. The van der Waals surface area contributed by atoms with Gasteiger partial charge in [-0.15, -0.1) is 21.5 Å². The molecule has 146 valence electrons. The lowest BCUT2D eigenvalue weighted by atomic mass is 10.2. The number of hydrogen-bond acceptors (Lipinski definition) is 7. The predicted octanol–water partition coefficient (Wildman–Crippen LogP) is 3.87. The second-order valence-electron chi connectivity index (χ2n) is 6.46. The number of carbonyl (C=O) groups excluding carboxylic acids is 1. The van der Waals surface area contributed by atoms with Crippen LogP contribution in [0.2, 0.25) is 0 Å². The lowest BCUT2D eigenvalue weighted by Gasteiger charge is -2.06. The molecule has 4 rings (SSSR count). The first-order valence-corrected chi connectivity index (χ1v) is 11.0. The van der Waals surface area contributed by atoms with Crippen molar-refractivity contribution in [1.82, 2.24) is 19.7 Å². The molecule has 0 spiro atoms. The molecule has 0 saturated carbocycles. The van der Waals surface area contributed by atoms with Gasteiger partial charge < -0.3 is 14.6 Å². The highest BCUT2D eigenvalue weighted by Crippen LogP contribution is 2.27. The SMILES string of the molecule is COc1ccc(-c2csc(NC(=O)CSc3nnc4n3CCCCC4)n2)cc1. The number of fused-ring (bicyclic) bond motifs is 1. The van der Waals surface area contributed by atoms with E-state index in [1.54, 1.807) is 7.11 Å². The standard InChI is InChI=1S/C19H21N5O2S2/c1-26-14-8-6-13(7-9-14)15-11-27-18(20-15)21-17(25)12-28-19-23-22-16-5-3-2-4-10-24(16)19/h6-9,11H,2-5,10,12H2,1H3,(H,20,21,25). The van der Waals surface area contributed by atoms with Crippen LogP contribution in [0.25, 0.3) is 11.3 Å².